The smallest absolute Gasteiger partial charge is 0.110 e. The molecule has 20 heavy (non-hydrogen) atoms. The summed E-state index contributed by atoms with van der Waals surface area (Å²) in [5.74, 6) is 0.641. The van der Waals surface area contributed by atoms with E-state index in [1.165, 1.54) is 32.1 Å². The van der Waals surface area contributed by atoms with Crippen LogP contribution < -0.4 is 0 Å². The first-order valence-electron chi connectivity index (χ1n) is 8.19. The van der Waals surface area contributed by atoms with E-state index in [-0.39, 0.29) is 11.6 Å². The van der Waals surface area contributed by atoms with Crippen molar-refractivity contribution in [2.45, 2.75) is 69.2 Å². The van der Waals surface area contributed by atoms with E-state index in [0.717, 1.165) is 19.4 Å². The second-order valence-electron chi connectivity index (χ2n) is 6.67. The fourth-order valence-corrected chi connectivity index (χ4v) is 4.39. The Bertz CT molecular complexity index is 386. The third kappa shape index (κ3) is 2.59. The van der Waals surface area contributed by atoms with E-state index in [1.54, 1.807) is 0 Å². The lowest BCUT2D eigenvalue weighted by molar-refractivity contribution is -0.123. The van der Waals surface area contributed by atoms with E-state index >= 15 is 0 Å². The Labute approximate surface area is 122 Å². The lowest BCUT2D eigenvalue weighted by Gasteiger charge is -2.52. The first-order chi connectivity index (χ1) is 9.72. The summed E-state index contributed by atoms with van der Waals surface area (Å²) in [7, 11) is 0. The van der Waals surface area contributed by atoms with Crippen molar-refractivity contribution in [1.29, 1.82) is 0 Å². The maximum Gasteiger partial charge on any atom is 0.110 e. The summed E-state index contributed by atoms with van der Waals surface area (Å²) >= 11 is 0. The van der Waals surface area contributed by atoms with Crippen LogP contribution in [-0.4, -0.2) is 39.5 Å². The van der Waals surface area contributed by atoms with Crippen LogP contribution in [0.25, 0.3) is 0 Å². The zero-order valence-electron chi connectivity index (χ0n) is 12.2. The second-order valence-corrected chi connectivity index (χ2v) is 6.67. The van der Waals surface area contributed by atoms with Crippen molar-refractivity contribution in [3.63, 3.8) is 0 Å². The van der Waals surface area contributed by atoms with Crippen molar-refractivity contribution >= 4 is 0 Å². The van der Waals surface area contributed by atoms with Gasteiger partial charge in [-0.1, -0.05) is 43.6 Å². The van der Waals surface area contributed by atoms with Crippen LogP contribution in [0.4, 0.5) is 0 Å². The minimum Gasteiger partial charge on any atom is -0.393 e. The van der Waals surface area contributed by atoms with Gasteiger partial charge in [0.05, 0.1) is 6.10 Å². The minimum absolute atomic E-state index is 0.0191. The first-order valence-corrected chi connectivity index (χ1v) is 8.19. The fourth-order valence-electron chi connectivity index (χ4n) is 4.39. The largest absolute Gasteiger partial charge is 0.393 e. The van der Waals surface area contributed by atoms with Gasteiger partial charge in [0.15, 0.2) is 0 Å². The van der Waals surface area contributed by atoms with Crippen LogP contribution in [0, 0.1) is 5.92 Å². The summed E-state index contributed by atoms with van der Waals surface area (Å²) in [6.07, 6.45) is 16.8. The van der Waals surface area contributed by atoms with Gasteiger partial charge in [0.1, 0.15) is 6.23 Å². The van der Waals surface area contributed by atoms with Gasteiger partial charge in [-0.3, -0.25) is 4.90 Å². The monoisotopic (exact) mass is 277 g/mol. The average molecular weight is 277 g/mol. The van der Waals surface area contributed by atoms with Crippen LogP contribution in [0.15, 0.2) is 24.3 Å². The van der Waals surface area contributed by atoms with Crippen LogP contribution in [0.5, 0.6) is 0 Å². The van der Waals surface area contributed by atoms with Gasteiger partial charge in [-0.2, -0.15) is 0 Å². The lowest BCUT2D eigenvalue weighted by atomic mass is 9.70. The zero-order valence-corrected chi connectivity index (χ0v) is 12.2. The highest BCUT2D eigenvalue weighted by molar-refractivity contribution is 5.24. The Morgan fingerprint density at radius 2 is 1.80 bits per heavy atom. The van der Waals surface area contributed by atoms with Crippen molar-refractivity contribution in [2.75, 3.05) is 6.54 Å². The van der Waals surface area contributed by atoms with Crippen molar-refractivity contribution in [1.82, 2.24) is 4.90 Å². The van der Waals surface area contributed by atoms with E-state index in [0.29, 0.717) is 12.3 Å². The number of hydrogen-bond acceptors (Lipinski definition) is 3. The normalized spacial score (nSPS) is 40.1. The van der Waals surface area contributed by atoms with Crippen molar-refractivity contribution in [3.05, 3.63) is 24.3 Å². The Hall–Kier alpha value is -0.640. The van der Waals surface area contributed by atoms with E-state index in [9.17, 15) is 10.2 Å². The molecule has 3 unspecified atom stereocenters. The van der Waals surface area contributed by atoms with E-state index < -0.39 is 6.23 Å². The molecular formula is C17H27NO2. The van der Waals surface area contributed by atoms with Gasteiger partial charge in [0.2, 0.25) is 0 Å². The fraction of sp³-hybridized carbons (Fsp3) is 0.765. The van der Waals surface area contributed by atoms with Crippen molar-refractivity contribution in [3.8, 4) is 0 Å². The number of nitrogens with zero attached hydrogens (tertiary/aromatic N) is 1. The third-order valence-corrected chi connectivity index (χ3v) is 5.47. The number of rotatable bonds is 2. The number of allylic oxidation sites excluding steroid dienone is 2. The molecule has 2 N–H and O–H groups in total. The molecule has 3 aliphatic rings. The highest BCUT2D eigenvalue weighted by atomic mass is 16.3. The molecule has 1 saturated carbocycles. The van der Waals surface area contributed by atoms with Gasteiger partial charge in [-0.05, 0) is 31.6 Å². The Kier molecular flexibility index (Phi) is 4.29. The Morgan fingerprint density at radius 1 is 1.00 bits per heavy atom. The molecule has 3 heteroatoms. The number of aliphatic hydroxyl groups excluding tert-OH is 2. The molecule has 0 bridgehead atoms. The van der Waals surface area contributed by atoms with E-state index in [2.05, 4.69) is 29.2 Å². The molecule has 0 radical (unpaired) electrons. The van der Waals surface area contributed by atoms with Gasteiger partial charge >= 0.3 is 0 Å². The molecule has 0 aromatic rings. The molecule has 3 nitrogen and oxygen atoms in total. The standard InChI is InChI=1S/C17H27NO2/c19-15-9-12-18(16(20)13-15)17(10-5-2-6-11-17)14-7-3-1-4-8-14/h2,5-6,10,14-16,19-20H,1,3-4,7-9,11-13H2. The van der Waals surface area contributed by atoms with Gasteiger partial charge in [0.25, 0.3) is 0 Å². The molecular weight excluding hydrogens is 250 g/mol. The van der Waals surface area contributed by atoms with Crippen LogP contribution >= 0.6 is 0 Å². The average Bonchev–Trinajstić information content (AvgIpc) is 2.49. The highest BCUT2D eigenvalue weighted by Gasteiger charge is 2.45. The zero-order chi connectivity index (χ0) is 14.0. The molecule has 0 amide bonds. The molecule has 1 saturated heterocycles. The van der Waals surface area contributed by atoms with Gasteiger partial charge in [-0.25, -0.2) is 0 Å². The number of aliphatic hydroxyl groups is 2. The van der Waals surface area contributed by atoms with Crippen LogP contribution in [0.2, 0.25) is 0 Å². The van der Waals surface area contributed by atoms with Gasteiger partial charge in [-0.15, -0.1) is 0 Å². The molecule has 3 atom stereocenters. The van der Waals surface area contributed by atoms with Crippen LogP contribution in [0.3, 0.4) is 0 Å². The SMILES string of the molecule is OC1CCN(C2(C3CCCCC3)C=CC=CC2)C(O)C1. The third-order valence-electron chi connectivity index (χ3n) is 5.47. The quantitative estimate of drug-likeness (QED) is 0.815. The highest BCUT2D eigenvalue weighted by Crippen LogP contribution is 2.43. The minimum atomic E-state index is -0.503. The summed E-state index contributed by atoms with van der Waals surface area (Å²) in [5, 5.41) is 20.3. The van der Waals surface area contributed by atoms with E-state index in [4.69, 9.17) is 0 Å². The maximum atomic E-state index is 10.5. The Balaban J connectivity index is 1.85. The molecule has 0 aromatic carbocycles. The number of likely N-dealkylation sites (tertiary alicyclic amines) is 1. The molecule has 2 fully saturated rings. The summed E-state index contributed by atoms with van der Waals surface area (Å²) in [4.78, 5) is 2.27. The Morgan fingerprint density at radius 3 is 2.45 bits per heavy atom. The van der Waals surface area contributed by atoms with E-state index in [1.807, 2.05) is 0 Å². The summed E-state index contributed by atoms with van der Waals surface area (Å²) in [6, 6.07) is 0. The molecule has 1 aliphatic heterocycles. The lowest BCUT2D eigenvalue weighted by Crippen LogP contribution is -2.60. The predicted octanol–water partition coefficient (Wildman–Crippen LogP) is 2.60. The molecule has 2 aliphatic carbocycles. The predicted molar refractivity (Wildman–Crippen MR) is 80.2 cm³/mol. The van der Waals surface area contributed by atoms with Crippen LogP contribution in [-0.2, 0) is 0 Å². The molecule has 112 valence electrons. The van der Waals surface area contributed by atoms with Crippen molar-refractivity contribution < 1.29 is 10.2 Å². The van der Waals surface area contributed by atoms with Crippen LogP contribution in [0.1, 0.15) is 51.4 Å². The summed E-state index contributed by atoms with van der Waals surface area (Å²) < 4.78 is 0. The number of piperidine rings is 1. The van der Waals surface area contributed by atoms with Crippen molar-refractivity contribution in [2.24, 2.45) is 5.92 Å². The molecule has 3 rings (SSSR count). The maximum absolute atomic E-state index is 10.5. The topological polar surface area (TPSA) is 43.7 Å². The first kappa shape index (κ1) is 14.3. The molecule has 1 heterocycles. The molecule has 0 spiro atoms. The summed E-state index contributed by atoms with van der Waals surface area (Å²) in [5.41, 5.74) is -0.0191. The molecule has 0 aromatic heterocycles. The van der Waals surface area contributed by atoms with Gasteiger partial charge in [0, 0.05) is 18.5 Å². The summed E-state index contributed by atoms with van der Waals surface area (Å²) in [6.45, 7) is 0.803. The van der Waals surface area contributed by atoms with Gasteiger partial charge < -0.3 is 10.2 Å². The number of hydrogen-bond donors (Lipinski definition) is 2. The second kappa shape index (κ2) is 6.00.